The molecule has 32 heavy (non-hydrogen) atoms. The molecule has 0 radical (unpaired) electrons. The molecule has 0 aliphatic carbocycles. The fourth-order valence-corrected chi connectivity index (χ4v) is 5.00. The first kappa shape index (κ1) is 25.5. The van der Waals surface area contributed by atoms with Gasteiger partial charge >= 0.3 is 0 Å². The molecule has 1 amide bonds. The third kappa shape index (κ3) is 6.17. The van der Waals surface area contributed by atoms with E-state index in [2.05, 4.69) is 5.32 Å². The summed E-state index contributed by atoms with van der Waals surface area (Å²) in [5.41, 5.74) is 2.81. The molecular weight excluding hydrogens is 428 g/mol. The van der Waals surface area contributed by atoms with E-state index in [1.54, 1.807) is 26.8 Å². The Morgan fingerprint density at radius 2 is 1.66 bits per heavy atom. The third-order valence-electron chi connectivity index (χ3n) is 5.12. The second kappa shape index (κ2) is 11.2. The molecular formula is C24H32N2O5S. The zero-order valence-electron chi connectivity index (χ0n) is 19.4. The van der Waals surface area contributed by atoms with Gasteiger partial charge in [0.2, 0.25) is 15.9 Å². The maximum absolute atomic E-state index is 13.0. The predicted molar refractivity (Wildman–Crippen MR) is 126 cm³/mol. The lowest BCUT2D eigenvalue weighted by Crippen LogP contribution is -2.31. The summed E-state index contributed by atoms with van der Waals surface area (Å²) >= 11 is 0. The summed E-state index contributed by atoms with van der Waals surface area (Å²) in [5, 5.41) is 2.70. The zero-order chi connectivity index (χ0) is 23.9. The zero-order valence-corrected chi connectivity index (χ0v) is 20.2. The number of carbonyl (C=O) groups excluding carboxylic acids is 2. The lowest BCUT2D eigenvalue weighted by Gasteiger charge is -2.21. The lowest BCUT2D eigenvalue weighted by molar-refractivity contribution is -0.116. The Hall–Kier alpha value is -2.71. The van der Waals surface area contributed by atoms with E-state index < -0.39 is 10.0 Å². The number of nitrogens with one attached hydrogen (secondary N) is 1. The van der Waals surface area contributed by atoms with Crippen molar-refractivity contribution < 1.29 is 22.7 Å². The van der Waals surface area contributed by atoms with E-state index >= 15 is 0 Å². The van der Waals surface area contributed by atoms with Gasteiger partial charge in [-0.15, -0.1) is 0 Å². The summed E-state index contributed by atoms with van der Waals surface area (Å²) in [6.07, 6.45) is 0.0648. The van der Waals surface area contributed by atoms with Gasteiger partial charge in [0, 0.05) is 37.2 Å². The van der Waals surface area contributed by atoms with E-state index in [1.807, 2.05) is 32.0 Å². The molecule has 0 aromatic heterocycles. The number of ketones is 1. The summed E-state index contributed by atoms with van der Waals surface area (Å²) in [6, 6.07) is 10.2. The molecule has 0 heterocycles. The first-order valence-electron chi connectivity index (χ1n) is 10.8. The molecule has 0 spiro atoms. The lowest BCUT2D eigenvalue weighted by atomic mass is 9.99. The molecule has 2 aromatic rings. The molecule has 2 rings (SSSR count). The van der Waals surface area contributed by atoms with Gasteiger partial charge in [-0.3, -0.25) is 9.59 Å². The average Bonchev–Trinajstić information content (AvgIpc) is 2.75. The SMILES string of the molecule is CCOc1ccc(NC(=O)CCC(=O)c2cc(C)ccc2C)cc1S(=O)(=O)N(CC)CC. The third-order valence-corrected chi connectivity index (χ3v) is 7.19. The number of Topliss-reactive ketones (excluding diaryl/α,β-unsaturated/α-hetero) is 1. The van der Waals surface area contributed by atoms with Crippen LogP contribution < -0.4 is 10.1 Å². The van der Waals surface area contributed by atoms with Crippen LogP contribution in [-0.2, 0) is 14.8 Å². The van der Waals surface area contributed by atoms with Gasteiger partial charge in [-0.1, -0.05) is 31.5 Å². The highest BCUT2D eigenvalue weighted by molar-refractivity contribution is 7.89. The van der Waals surface area contributed by atoms with Crippen LogP contribution in [0.15, 0.2) is 41.3 Å². The van der Waals surface area contributed by atoms with Gasteiger partial charge in [-0.25, -0.2) is 8.42 Å². The topological polar surface area (TPSA) is 92.8 Å². The fourth-order valence-electron chi connectivity index (χ4n) is 3.39. The minimum atomic E-state index is -3.78. The molecule has 1 N–H and O–H groups in total. The van der Waals surface area contributed by atoms with Crippen molar-refractivity contribution in [3.8, 4) is 5.75 Å². The molecule has 0 fully saturated rings. The molecule has 174 valence electrons. The molecule has 7 nitrogen and oxygen atoms in total. The number of nitrogens with zero attached hydrogens (tertiary/aromatic N) is 1. The minimum absolute atomic E-state index is 0.00243. The highest BCUT2D eigenvalue weighted by Gasteiger charge is 2.26. The molecule has 0 saturated heterocycles. The number of aryl methyl sites for hydroxylation is 2. The van der Waals surface area contributed by atoms with Crippen LogP contribution in [-0.4, -0.2) is 44.1 Å². The summed E-state index contributed by atoms with van der Waals surface area (Å²) in [5.74, 6) is -0.223. The molecule has 0 unspecified atom stereocenters. The Morgan fingerprint density at radius 1 is 0.969 bits per heavy atom. The first-order valence-corrected chi connectivity index (χ1v) is 12.2. The van der Waals surface area contributed by atoms with Gasteiger partial charge in [0.05, 0.1) is 6.61 Å². The molecule has 0 atom stereocenters. The second-order valence-corrected chi connectivity index (χ2v) is 9.38. The Labute approximate surface area is 190 Å². The van der Waals surface area contributed by atoms with Crippen molar-refractivity contribution in [1.29, 1.82) is 0 Å². The summed E-state index contributed by atoms with van der Waals surface area (Å²) in [4.78, 5) is 25.0. The predicted octanol–water partition coefficient (Wildman–Crippen LogP) is 4.33. The number of amides is 1. The average molecular weight is 461 g/mol. The van der Waals surface area contributed by atoms with Crippen LogP contribution in [0.4, 0.5) is 5.69 Å². The van der Waals surface area contributed by atoms with Gasteiger partial charge < -0.3 is 10.1 Å². The first-order chi connectivity index (χ1) is 15.1. The van der Waals surface area contributed by atoms with Crippen LogP contribution in [0.2, 0.25) is 0 Å². The van der Waals surface area contributed by atoms with Crippen molar-refractivity contribution in [1.82, 2.24) is 4.31 Å². The number of rotatable bonds is 11. The van der Waals surface area contributed by atoms with Gasteiger partial charge in [0.15, 0.2) is 5.78 Å². The standard InChI is InChI=1S/C24H32N2O5S/c1-6-26(7-2)32(29,30)23-16-19(11-13-22(23)31-8-3)25-24(28)14-12-21(27)20-15-17(4)9-10-18(20)5/h9-11,13,15-16H,6-8,12,14H2,1-5H3,(H,25,28). The molecule has 2 aromatic carbocycles. The Balaban J connectivity index is 2.17. The van der Waals surface area contributed by atoms with Crippen molar-refractivity contribution in [2.24, 2.45) is 0 Å². The van der Waals surface area contributed by atoms with E-state index in [4.69, 9.17) is 4.74 Å². The van der Waals surface area contributed by atoms with E-state index in [1.165, 1.54) is 16.4 Å². The van der Waals surface area contributed by atoms with Crippen LogP contribution in [0.3, 0.4) is 0 Å². The fraction of sp³-hybridized carbons (Fsp3) is 0.417. The van der Waals surface area contributed by atoms with E-state index in [0.717, 1.165) is 11.1 Å². The number of anilines is 1. The largest absolute Gasteiger partial charge is 0.492 e. The Kier molecular flexibility index (Phi) is 8.98. The molecule has 0 saturated carbocycles. The van der Waals surface area contributed by atoms with Crippen molar-refractivity contribution in [2.75, 3.05) is 25.0 Å². The highest BCUT2D eigenvalue weighted by atomic mass is 32.2. The van der Waals surface area contributed by atoms with Crippen molar-refractivity contribution in [3.05, 3.63) is 53.1 Å². The highest BCUT2D eigenvalue weighted by Crippen LogP contribution is 2.30. The summed E-state index contributed by atoms with van der Waals surface area (Å²) in [7, 11) is -3.78. The van der Waals surface area contributed by atoms with Crippen LogP contribution in [0.1, 0.15) is 55.1 Å². The quantitative estimate of drug-likeness (QED) is 0.504. The Bertz CT molecular complexity index is 1080. The summed E-state index contributed by atoms with van der Waals surface area (Å²) < 4.78 is 32.9. The molecule has 0 aliphatic rings. The van der Waals surface area contributed by atoms with E-state index in [9.17, 15) is 18.0 Å². The summed E-state index contributed by atoms with van der Waals surface area (Å²) in [6.45, 7) is 10.0. The second-order valence-electron chi connectivity index (χ2n) is 7.47. The van der Waals surface area contributed by atoms with Crippen LogP contribution >= 0.6 is 0 Å². The van der Waals surface area contributed by atoms with Crippen LogP contribution in [0.25, 0.3) is 0 Å². The number of ether oxygens (including phenoxy) is 1. The smallest absolute Gasteiger partial charge is 0.246 e. The van der Waals surface area contributed by atoms with Crippen molar-refractivity contribution in [2.45, 2.75) is 52.4 Å². The van der Waals surface area contributed by atoms with E-state index in [-0.39, 0.29) is 35.2 Å². The van der Waals surface area contributed by atoms with Gasteiger partial charge in [-0.05, 0) is 50.6 Å². The van der Waals surface area contributed by atoms with Gasteiger partial charge in [0.25, 0.3) is 0 Å². The van der Waals surface area contributed by atoms with Crippen molar-refractivity contribution >= 4 is 27.4 Å². The molecule has 8 heteroatoms. The maximum Gasteiger partial charge on any atom is 0.246 e. The Morgan fingerprint density at radius 3 is 2.28 bits per heavy atom. The molecule has 0 aliphatic heterocycles. The number of sulfonamides is 1. The number of carbonyl (C=O) groups is 2. The maximum atomic E-state index is 13.0. The monoisotopic (exact) mass is 460 g/mol. The van der Waals surface area contributed by atoms with Gasteiger partial charge in [-0.2, -0.15) is 4.31 Å². The normalized spacial score (nSPS) is 11.4. The number of hydrogen-bond donors (Lipinski definition) is 1. The van der Waals surface area contributed by atoms with Crippen LogP contribution in [0.5, 0.6) is 5.75 Å². The number of hydrogen-bond acceptors (Lipinski definition) is 5. The molecule has 0 bridgehead atoms. The minimum Gasteiger partial charge on any atom is -0.492 e. The van der Waals surface area contributed by atoms with Gasteiger partial charge in [0.1, 0.15) is 10.6 Å². The van der Waals surface area contributed by atoms with E-state index in [0.29, 0.717) is 30.9 Å². The van der Waals surface area contributed by atoms with Crippen LogP contribution in [0, 0.1) is 13.8 Å². The van der Waals surface area contributed by atoms with Crippen molar-refractivity contribution in [3.63, 3.8) is 0 Å². The number of benzene rings is 2.